The predicted molar refractivity (Wildman–Crippen MR) is 52.2 cm³/mol. The van der Waals surface area contributed by atoms with Gasteiger partial charge in [-0.25, -0.2) is 0 Å². The second kappa shape index (κ2) is 5.48. The summed E-state index contributed by atoms with van der Waals surface area (Å²) in [5, 5.41) is 11.3. The maximum Gasteiger partial charge on any atom is 0.394 e. The molecule has 1 aliphatic heterocycles. The number of nitrogens with zero attached hydrogens (tertiary/aromatic N) is 3. The molecule has 0 aliphatic carbocycles. The molecule has 1 N–H and O–H groups in total. The Morgan fingerprint density at radius 3 is 2.50 bits per heavy atom. The molecule has 1 aliphatic rings. The number of nitrogens with one attached hydrogen (secondary N) is 1. The minimum absolute atomic E-state index is 0.00767. The normalized spacial score (nSPS) is 24.3. The Labute approximate surface area is 92.6 Å². The summed E-state index contributed by atoms with van der Waals surface area (Å²) in [6.07, 6.45) is -4.19. The largest absolute Gasteiger partial charge is 0.394 e. The topological polar surface area (TPSA) is 42.3 Å². The van der Waals surface area contributed by atoms with Crippen LogP contribution in [0.5, 0.6) is 0 Å². The van der Waals surface area contributed by atoms with Gasteiger partial charge < -0.3 is 5.32 Å². The van der Waals surface area contributed by atoms with Crippen molar-refractivity contribution in [1.29, 1.82) is 5.26 Å². The fourth-order valence-corrected chi connectivity index (χ4v) is 1.84. The number of nitriles is 1. The smallest absolute Gasteiger partial charge is 0.307 e. The molecule has 0 aromatic carbocycles. The van der Waals surface area contributed by atoms with Crippen LogP contribution in [0.1, 0.15) is 0 Å². The van der Waals surface area contributed by atoms with E-state index in [0.29, 0.717) is 13.3 Å². The number of hydrogen-bond donors (Lipinski definition) is 1. The molecular formula is C9H15F3N4. The van der Waals surface area contributed by atoms with E-state index in [1.54, 1.807) is 11.9 Å². The van der Waals surface area contributed by atoms with Crippen molar-refractivity contribution >= 4 is 0 Å². The molecule has 1 atom stereocenters. The summed E-state index contributed by atoms with van der Waals surface area (Å²) in [6.45, 7) is 0.742. The van der Waals surface area contributed by atoms with E-state index in [-0.39, 0.29) is 19.6 Å². The van der Waals surface area contributed by atoms with Crippen molar-refractivity contribution in [3.63, 3.8) is 0 Å². The fourth-order valence-electron chi connectivity index (χ4n) is 1.84. The Morgan fingerprint density at radius 2 is 2.00 bits per heavy atom. The molecule has 92 valence electrons. The van der Waals surface area contributed by atoms with E-state index in [9.17, 15) is 13.2 Å². The molecule has 0 aromatic heterocycles. The zero-order chi connectivity index (χ0) is 12.2. The number of hydrogen-bond acceptors (Lipinski definition) is 4. The molecule has 1 fully saturated rings. The van der Waals surface area contributed by atoms with Crippen molar-refractivity contribution in [2.75, 3.05) is 40.0 Å². The summed E-state index contributed by atoms with van der Waals surface area (Å²) in [6, 6.07) is 1.88. The lowest BCUT2D eigenvalue weighted by Gasteiger charge is -2.39. The Hall–Kier alpha value is -0.840. The third-order valence-corrected chi connectivity index (χ3v) is 2.50. The molecule has 1 unspecified atom stereocenters. The minimum Gasteiger partial charge on any atom is -0.307 e. The molecule has 0 aromatic rings. The second-order valence-electron chi connectivity index (χ2n) is 3.91. The van der Waals surface area contributed by atoms with Crippen molar-refractivity contribution < 1.29 is 13.2 Å². The average Bonchev–Trinajstić information content (AvgIpc) is 2.17. The Morgan fingerprint density at radius 1 is 1.38 bits per heavy atom. The quantitative estimate of drug-likeness (QED) is 0.722. The van der Waals surface area contributed by atoms with Crippen molar-refractivity contribution in [3.8, 4) is 6.07 Å². The molecular weight excluding hydrogens is 221 g/mol. The number of alkyl halides is 3. The summed E-state index contributed by atoms with van der Waals surface area (Å²) in [4.78, 5) is 3.16. The van der Waals surface area contributed by atoms with Gasteiger partial charge in [-0.15, -0.1) is 0 Å². The van der Waals surface area contributed by atoms with Gasteiger partial charge in [-0.1, -0.05) is 0 Å². The maximum atomic E-state index is 12.6. The van der Waals surface area contributed by atoms with Gasteiger partial charge >= 0.3 is 6.18 Å². The summed E-state index contributed by atoms with van der Waals surface area (Å²) < 4.78 is 37.8. The van der Waals surface area contributed by atoms with Crippen LogP contribution in [0, 0.1) is 17.2 Å². The highest BCUT2D eigenvalue weighted by Gasteiger charge is 2.43. The van der Waals surface area contributed by atoms with Gasteiger partial charge in [0.2, 0.25) is 0 Å². The molecule has 0 saturated carbocycles. The summed E-state index contributed by atoms with van der Waals surface area (Å²) in [5.74, 6) is -1.37. The van der Waals surface area contributed by atoms with Crippen LogP contribution in [-0.4, -0.2) is 56.0 Å². The van der Waals surface area contributed by atoms with E-state index in [1.165, 1.54) is 4.90 Å². The summed E-state index contributed by atoms with van der Waals surface area (Å²) in [7, 11) is 1.69. The first kappa shape index (κ1) is 13.2. The van der Waals surface area contributed by atoms with E-state index >= 15 is 0 Å². The van der Waals surface area contributed by atoms with Crippen molar-refractivity contribution in [2.45, 2.75) is 6.18 Å². The van der Waals surface area contributed by atoms with E-state index in [1.807, 2.05) is 6.07 Å². The molecule has 4 nitrogen and oxygen atoms in total. The van der Waals surface area contributed by atoms with Crippen LogP contribution in [0.2, 0.25) is 0 Å². The fraction of sp³-hybridized carbons (Fsp3) is 0.889. The Bertz CT molecular complexity index is 260. The van der Waals surface area contributed by atoms with Crippen LogP contribution in [0.3, 0.4) is 0 Å². The van der Waals surface area contributed by atoms with Crippen LogP contribution in [0.25, 0.3) is 0 Å². The lowest BCUT2D eigenvalue weighted by molar-refractivity contribution is -0.196. The van der Waals surface area contributed by atoms with Crippen molar-refractivity contribution in [2.24, 2.45) is 5.92 Å². The first-order valence-corrected chi connectivity index (χ1v) is 5.00. The van der Waals surface area contributed by atoms with Gasteiger partial charge in [0.1, 0.15) is 0 Å². The van der Waals surface area contributed by atoms with Gasteiger partial charge in [0.05, 0.1) is 25.2 Å². The highest BCUT2D eigenvalue weighted by Crippen LogP contribution is 2.29. The van der Waals surface area contributed by atoms with Crippen molar-refractivity contribution in [1.82, 2.24) is 15.1 Å². The SMILES string of the molecule is CNCN1CC(C(F)(F)F)CN(CC#N)C1. The molecule has 7 heteroatoms. The predicted octanol–water partition coefficient (Wildman–Crippen LogP) is 0.440. The van der Waals surface area contributed by atoms with Crippen LogP contribution in [0.15, 0.2) is 0 Å². The zero-order valence-electron chi connectivity index (χ0n) is 9.09. The standard InChI is InChI=1S/C9H15F3N4/c1-14-6-16-5-8(9(10,11)12)4-15(7-16)3-2-13/h8,14H,3-7H2,1H3. The molecule has 0 spiro atoms. The highest BCUT2D eigenvalue weighted by atomic mass is 19.4. The summed E-state index contributed by atoms with van der Waals surface area (Å²) in [5.41, 5.74) is 0. The van der Waals surface area contributed by atoms with Crippen LogP contribution in [-0.2, 0) is 0 Å². The second-order valence-corrected chi connectivity index (χ2v) is 3.91. The summed E-state index contributed by atoms with van der Waals surface area (Å²) >= 11 is 0. The van der Waals surface area contributed by atoms with Gasteiger partial charge in [0, 0.05) is 19.8 Å². The molecule has 1 heterocycles. The van der Waals surface area contributed by atoms with E-state index < -0.39 is 12.1 Å². The molecule has 1 saturated heterocycles. The zero-order valence-corrected chi connectivity index (χ0v) is 9.09. The van der Waals surface area contributed by atoms with Crippen molar-refractivity contribution in [3.05, 3.63) is 0 Å². The Kier molecular flexibility index (Phi) is 4.53. The first-order valence-electron chi connectivity index (χ1n) is 5.00. The van der Waals surface area contributed by atoms with Gasteiger partial charge in [-0.3, -0.25) is 9.80 Å². The lowest BCUT2D eigenvalue weighted by atomic mass is 10.1. The van der Waals surface area contributed by atoms with Crippen LogP contribution < -0.4 is 5.32 Å². The van der Waals surface area contributed by atoms with Crippen LogP contribution in [0.4, 0.5) is 13.2 Å². The third kappa shape index (κ3) is 3.63. The van der Waals surface area contributed by atoms with Gasteiger partial charge in [0.15, 0.2) is 0 Å². The maximum absolute atomic E-state index is 12.6. The van der Waals surface area contributed by atoms with Gasteiger partial charge in [-0.05, 0) is 7.05 Å². The Balaban J connectivity index is 2.63. The lowest BCUT2D eigenvalue weighted by Crippen LogP contribution is -2.55. The van der Waals surface area contributed by atoms with Crippen LogP contribution >= 0.6 is 0 Å². The molecule has 1 rings (SSSR count). The van der Waals surface area contributed by atoms with E-state index in [4.69, 9.17) is 5.26 Å². The average molecular weight is 236 g/mol. The molecule has 0 bridgehead atoms. The number of halogens is 3. The third-order valence-electron chi connectivity index (χ3n) is 2.50. The molecule has 0 amide bonds. The highest BCUT2D eigenvalue weighted by molar-refractivity contribution is 4.85. The molecule has 16 heavy (non-hydrogen) atoms. The minimum atomic E-state index is -4.19. The van der Waals surface area contributed by atoms with Gasteiger partial charge in [0.25, 0.3) is 0 Å². The number of rotatable bonds is 3. The monoisotopic (exact) mass is 236 g/mol. The van der Waals surface area contributed by atoms with Gasteiger partial charge in [-0.2, -0.15) is 18.4 Å². The first-order chi connectivity index (χ1) is 7.47. The van der Waals surface area contributed by atoms with E-state index in [0.717, 1.165) is 0 Å². The van der Waals surface area contributed by atoms with E-state index in [2.05, 4.69) is 5.32 Å². The molecule has 0 radical (unpaired) electrons.